The van der Waals surface area contributed by atoms with Crippen LogP contribution in [0.25, 0.3) is 11.1 Å². The number of carboxylic acid groups (broad SMARTS) is 1. The number of aromatic nitrogens is 3. The van der Waals surface area contributed by atoms with Gasteiger partial charge in [0.15, 0.2) is 5.69 Å². The molecule has 1 aromatic heterocycles. The fourth-order valence-electron chi connectivity index (χ4n) is 4.38. The molecule has 9 heteroatoms. The van der Waals surface area contributed by atoms with E-state index in [1.165, 1.54) is 33.1 Å². The topological polar surface area (TPSA) is 107 Å². The summed E-state index contributed by atoms with van der Waals surface area (Å²) in [6.07, 6.45) is 0.635. The number of hydrogen-bond donors (Lipinski definition) is 1. The lowest BCUT2D eigenvalue weighted by atomic mass is 9.98. The number of benzene rings is 2. The first-order valence-electron chi connectivity index (χ1n) is 10.4. The van der Waals surface area contributed by atoms with Crippen LogP contribution in [0.1, 0.15) is 27.5 Å². The summed E-state index contributed by atoms with van der Waals surface area (Å²) in [4.78, 5) is 25.4. The van der Waals surface area contributed by atoms with Gasteiger partial charge in [-0.1, -0.05) is 53.7 Å². The number of carboxylic acids is 1. The molecule has 0 spiro atoms. The number of morpholine rings is 1. The van der Waals surface area contributed by atoms with Crippen LogP contribution in [0.2, 0.25) is 0 Å². The van der Waals surface area contributed by atoms with Crippen LogP contribution in [0.3, 0.4) is 0 Å². The van der Waals surface area contributed by atoms with Crippen LogP contribution in [0.15, 0.2) is 54.7 Å². The fourth-order valence-corrected chi connectivity index (χ4v) is 4.38. The summed E-state index contributed by atoms with van der Waals surface area (Å²) >= 11 is 0. The average molecular weight is 434 g/mol. The van der Waals surface area contributed by atoms with Crippen molar-refractivity contribution in [2.45, 2.75) is 18.6 Å². The van der Waals surface area contributed by atoms with Gasteiger partial charge in [-0.15, -0.1) is 5.10 Å². The highest BCUT2D eigenvalue weighted by molar-refractivity contribution is 5.84. The maximum Gasteiger partial charge on any atom is 0.409 e. The van der Waals surface area contributed by atoms with Gasteiger partial charge in [0.05, 0.1) is 32.0 Å². The zero-order valence-electron chi connectivity index (χ0n) is 17.3. The molecule has 2 aromatic carbocycles. The van der Waals surface area contributed by atoms with Gasteiger partial charge in [0.2, 0.25) is 0 Å². The first-order chi connectivity index (χ1) is 15.6. The molecule has 1 aliphatic carbocycles. The van der Waals surface area contributed by atoms with Crippen molar-refractivity contribution in [1.29, 1.82) is 0 Å². The zero-order chi connectivity index (χ0) is 22.1. The number of amides is 1. The molecule has 5 rings (SSSR count). The third-order valence-corrected chi connectivity index (χ3v) is 5.88. The predicted molar refractivity (Wildman–Crippen MR) is 113 cm³/mol. The molecule has 2 aliphatic rings. The summed E-state index contributed by atoms with van der Waals surface area (Å²) < 4.78 is 12.9. The molecule has 164 valence electrons. The average Bonchev–Trinajstić information content (AvgIpc) is 3.41. The summed E-state index contributed by atoms with van der Waals surface area (Å²) in [5.74, 6) is -1.13. The smallest absolute Gasteiger partial charge is 0.409 e. The minimum absolute atomic E-state index is 0.00720. The maximum atomic E-state index is 12.8. The zero-order valence-corrected chi connectivity index (χ0v) is 17.3. The van der Waals surface area contributed by atoms with Crippen LogP contribution in [0.4, 0.5) is 4.79 Å². The van der Waals surface area contributed by atoms with Crippen molar-refractivity contribution >= 4 is 12.1 Å². The van der Waals surface area contributed by atoms with Gasteiger partial charge in [-0.3, -0.25) is 0 Å². The Balaban J connectivity index is 1.22. The molecule has 1 amide bonds. The molecule has 1 fully saturated rings. The number of ether oxygens (including phenoxy) is 2. The summed E-state index contributed by atoms with van der Waals surface area (Å²) in [5, 5.41) is 16.4. The Morgan fingerprint density at radius 1 is 1.09 bits per heavy atom. The monoisotopic (exact) mass is 434 g/mol. The number of carbonyl (C=O) groups is 2. The van der Waals surface area contributed by atoms with E-state index in [2.05, 4.69) is 34.6 Å². The van der Waals surface area contributed by atoms with E-state index in [9.17, 15) is 9.59 Å². The molecule has 1 atom stereocenters. The molecule has 0 radical (unpaired) electrons. The van der Waals surface area contributed by atoms with E-state index in [0.717, 1.165) is 0 Å². The number of nitrogens with zero attached hydrogens (tertiary/aromatic N) is 4. The normalized spacial score (nSPS) is 17.6. The lowest BCUT2D eigenvalue weighted by molar-refractivity contribution is -0.0358. The molecule has 9 nitrogen and oxygen atoms in total. The van der Waals surface area contributed by atoms with Crippen molar-refractivity contribution in [3.63, 3.8) is 0 Å². The van der Waals surface area contributed by atoms with Crippen molar-refractivity contribution in [3.8, 4) is 11.1 Å². The van der Waals surface area contributed by atoms with Gasteiger partial charge in [0.1, 0.15) is 6.61 Å². The molecule has 0 saturated carbocycles. The van der Waals surface area contributed by atoms with E-state index in [0.29, 0.717) is 26.2 Å². The van der Waals surface area contributed by atoms with Gasteiger partial charge in [-0.25, -0.2) is 14.3 Å². The van der Waals surface area contributed by atoms with E-state index in [-0.39, 0.29) is 30.4 Å². The predicted octanol–water partition coefficient (Wildman–Crippen LogP) is 2.63. The molecule has 2 heterocycles. The van der Waals surface area contributed by atoms with E-state index in [4.69, 9.17) is 14.6 Å². The number of fused-ring (bicyclic) bond motifs is 3. The second kappa shape index (κ2) is 8.43. The largest absolute Gasteiger partial charge is 0.476 e. The number of carbonyl (C=O) groups excluding carboxylic acids is 1. The Hall–Kier alpha value is -3.72. The number of aromatic carboxylic acids is 1. The van der Waals surface area contributed by atoms with Gasteiger partial charge in [-0.05, 0) is 22.3 Å². The standard InChI is InChI=1S/C23H22N4O5/c28-22(29)21-13-27(25-24-21)12-15-11-26(9-10-31-15)23(30)32-14-20-18-7-3-1-5-16(18)17-6-2-4-8-19(17)20/h1-8,13,15,20H,9-12,14H2,(H,28,29). The lowest BCUT2D eigenvalue weighted by Gasteiger charge is -2.32. The van der Waals surface area contributed by atoms with E-state index < -0.39 is 5.97 Å². The van der Waals surface area contributed by atoms with Crippen molar-refractivity contribution in [2.24, 2.45) is 0 Å². The van der Waals surface area contributed by atoms with Gasteiger partial charge < -0.3 is 19.5 Å². The van der Waals surface area contributed by atoms with E-state index in [1.807, 2.05) is 24.3 Å². The van der Waals surface area contributed by atoms with E-state index in [1.54, 1.807) is 4.90 Å². The Kier molecular flexibility index (Phi) is 5.32. The molecular weight excluding hydrogens is 412 g/mol. The van der Waals surface area contributed by atoms with E-state index >= 15 is 0 Å². The fraction of sp³-hybridized carbons (Fsp3) is 0.304. The minimum Gasteiger partial charge on any atom is -0.476 e. The summed E-state index contributed by atoms with van der Waals surface area (Å²) in [6, 6.07) is 16.4. The van der Waals surface area contributed by atoms with Gasteiger partial charge in [0.25, 0.3) is 0 Å². The Labute approximate surface area is 184 Å². The first-order valence-corrected chi connectivity index (χ1v) is 10.4. The van der Waals surface area contributed by atoms with Crippen molar-refractivity contribution in [2.75, 3.05) is 26.3 Å². The highest BCUT2D eigenvalue weighted by Gasteiger charge is 2.31. The van der Waals surface area contributed by atoms with Crippen LogP contribution < -0.4 is 0 Å². The van der Waals surface area contributed by atoms with Crippen LogP contribution in [0.5, 0.6) is 0 Å². The van der Waals surface area contributed by atoms with Crippen molar-refractivity contribution < 1.29 is 24.2 Å². The molecule has 1 N–H and O–H groups in total. The highest BCUT2D eigenvalue weighted by atomic mass is 16.6. The van der Waals surface area contributed by atoms with Crippen molar-refractivity contribution in [1.82, 2.24) is 19.9 Å². The summed E-state index contributed by atoms with van der Waals surface area (Å²) in [5.41, 5.74) is 4.58. The van der Waals surface area contributed by atoms with Crippen LogP contribution in [-0.2, 0) is 16.0 Å². The van der Waals surface area contributed by atoms with Crippen LogP contribution >= 0.6 is 0 Å². The third-order valence-electron chi connectivity index (χ3n) is 5.88. The molecule has 0 bridgehead atoms. The van der Waals surface area contributed by atoms with Crippen LogP contribution in [-0.4, -0.2) is 69.5 Å². The second-order valence-corrected chi connectivity index (χ2v) is 7.87. The quantitative estimate of drug-likeness (QED) is 0.658. The summed E-state index contributed by atoms with van der Waals surface area (Å²) in [7, 11) is 0. The summed E-state index contributed by atoms with van der Waals surface area (Å²) in [6.45, 7) is 1.70. The molecule has 1 aliphatic heterocycles. The maximum absolute atomic E-state index is 12.8. The molecule has 1 saturated heterocycles. The van der Waals surface area contributed by atoms with Gasteiger partial charge in [0, 0.05) is 12.5 Å². The number of rotatable bonds is 5. The number of hydrogen-bond acceptors (Lipinski definition) is 6. The first kappa shape index (κ1) is 20.2. The highest BCUT2D eigenvalue weighted by Crippen LogP contribution is 2.44. The molecular formula is C23H22N4O5. The SMILES string of the molecule is O=C(O)c1cn(CC2CN(C(=O)OCC3c4ccccc4-c4ccccc43)CCO2)nn1. The van der Waals surface area contributed by atoms with Crippen molar-refractivity contribution in [3.05, 3.63) is 71.5 Å². The minimum atomic E-state index is -1.14. The Morgan fingerprint density at radius 3 is 2.44 bits per heavy atom. The Bertz CT molecular complexity index is 1120. The van der Waals surface area contributed by atoms with Gasteiger partial charge in [-0.2, -0.15) is 0 Å². The van der Waals surface area contributed by atoms with Gasteiger partial charge >= 0.3 is 12.1 Å². The Morgan fingerprint density at radius 2 is 1.78 bits per heavy atom. The third kappa shape index (κ3) is 3.82. The second-order valence-electron chi connectivity index (χ2n) is 7.87. The van der Waals surface area contributed by atoms with Crippen LogP contribution in [0, 0.1) is 0 Å². The molecule has 3 aromatic rings. The molecule has 1 unspecified atom stereocenters. The lowest BCUT2D eigenvalue weighted by Crippen LogP contribution is -2.47. The molecule has 32 heavy (non-hydrogen) atoms.